The second-order valence-electron chi connectivity index (χ2n) is 5.72. The Morgan fingerprint density at radius 1 is 1.25 bits per heavy atom. The zero-order valence-electron chi connectivity index (χ0n) is 14.2. The van der Waals surface area contributed by atoms with E-state index in [-0.39, 0.29) is 41.6 Å². The zero-order chi connectivity index (χ0) is 20.3. The van der Waals surface area contributed by atoms with E-state index in [9.17, 15) is 23.7 Å². The highest BCUT2D eigenvalue weighted by Gasteiger charge is 2.15. The number of nitro benzene ring substituents is 1. The Kier molecular flexibility index (Phi) is 5.25. The lowest BCUT2D eigenvalue weighted by molar-refractivity contribution is -0.384. The molecule has 1 amide bonds. The fourth-order valence-corrected chi connectivity index (χ4v) is 2.35. The molecule has 0 atom stereocenters. The number of hydrogen-bond donors (Lipinski definition) is 2. The first-order chi connectivity index (χ1) is 13.3. The maximum Gasteiger partial charge on any atom is 0.269 e. The van der Waals surface area contributed by atoms with Crippen molar-refractivity contribution in [2.45, 2.75) is 12.8 Å². The van der Waals surface area contributed by atoms with E-state index in [1.165, 1.54) is 24.3 Å². The summed E-state index contributed by atoms with van der Waals surface area (Å²) in [6.07, 6.45) is -0.0134. The van der Waals surface area contributed by atoms with Crippen LogP contribution in [0, 0.1) is 21.7 Å². The predicted octanol–water partition coefficient (Wildman–Crippen LogP) is 3.08. The Morgan fingerprint density at radius 3 is 2.61 bits per heavy atom. The number of nitrogens with zero attached hydrogens (tertiary/aromatic N) is 3. The second-order valence-corrected chi connectivity index (χ2v) is 5.72. The van der Waals surface area contributed by atoms with Crippen molar-refractivity contribution in [2.24, 2.45) is 0 Å². The lowest BCUT2D eigenvalue weighted by atomic mass is 10.2. The van der Waals surface area contributed by atoms with E-state index in [4.69, 9.17) is 10.3 Å². The molecule has 0 unspecified atom stereocenters. The molecule has 3 aromatic rings. The molecule has 0 bridgehead atoms. The highest BCUT2D eigenvalue weighted by atomic mass is 19.1. The lowest BCUT2D eigenvalue weighted by Gasteiger charge is -2.08. The van der Waals surface area contributed by atoms with Crippen LogP contribution in [0.15, 0.2) is 40.9 Å². The standard InChI is InChI=1S/C17H13F2N5O4/c18-10-7-12(19)16(13(20)8-10)22-15(25)6-5-14-21-17(28-23-14)9-1-3-11(4-2-9)24(26)27/h1-4,7-8H,5-6,20H2,(H,22,25). The number of non-ortho nitro benzene ring substituents is 1. The lowest BCUT2D eigenvalue weighted by Crippen LogP contribution is -2.15. The molecule has 1 aromatic heterocycles. The molecule has 0 fully saturated rings. The van der Waals surface area contributed by atoms with E-state index in [1.54, 1.807) is 0 Å². The Hall–Kier alpha value is -3.89. The quantitative estimate of drug-likeness (QED) is 0.375. The predicted molar refractivity (Wildman–Crippen MR) is 94.1 cm³/mol. The van der Waals surface area contributed by atoms with Gasteiger partial charge in [0, 0.05) is 36.6 Å². The van der Waals surface area contributed by atoms with Gasteiger partial charge in [-0.05, 0) is 18.2 Å². The van der Waals surface area contributed by atoms with Gasteiger partial charge in [0.15, 0.2) is 11.6 Å². The van der Waals surface area contributed by atoms with Gasteiger partial charge in [-0.3, -0.25) is 14.9 Å². The number of nitro groups is 1. The molecule has 0 aliphatic rings. The van der Waals surface area contributed by atoms with Gasteiger partial charge in [0.2, 0.25) is 5.91 Å². The van der Waals surface area contributed by atoms with Crippen LogP contribution in [-0.4, -0.2) is 21.0 Å². The van der Waals surface area contributed by atoms with Crippen molar-refractivity contribution in [2.75, 3.05) is 11.1 Å². The second kappa shape index (κ2) is 7.78. The van der Waals surface area contributed by atoms with Gasteiger partial charge < -0.3 is 15.6 Å². The van der Waals surface area contributed by atoms with Crippen LogP contribution in [0.2, 0.25) is 0 Å². The van der Waals surface area contributed by atoms with Crippen molar-refractivity contribution < 1.29 is 23.0 Å². The van der Waals surface area contributed by atoms with Crippen LogP contribution >= 0.6 is 0 Å². The number of nitrogens with one attached hydrogen (secondary N) is 1. The van der Waals surface area contributed by atoms with Crippen LogP contribution in [0.5, 0.6) is 0 Å². The molecule has 2 aromatic carbocycles. The van der Waals surface area contributed by atoms with Crippen LogP contribution in [0.1, 0.15) is 12.2 Å². The largest absolute Gasteiger partial charge is 0.397 e. The molecule has 3 N–H and O–H groups in total. The fourth-order valence-electron chi connectivity index (χ4n) is 2.35. The molecule has 11 heteroatoms. The summed E-state index contributed by atoms with van der Waals surface area (Å²) in [7, 11) is 0. The van der Waals surface area contributed by atoms with Crippen LogP contribution in [0.25, 0.3) is 11.5 Å². The summed E-state index contributed by atoms with van der Waals surface area (Å²) in [5, 5.41) is 16.7. The van der Waals surface area contributed by atoms with E-state index in [0.29, 0.717) is 11.6 Å². The Labute approximate surface area is 156 Å². The number of rotatable bonds is 6. The number of benzene rings is 2. The Bertz CT molecular complexity index is 1010. The van der Waals surface area contributed by atoms with Crippen molar-refractivity contribution in [3.63, 3.8) is 0 Å². The van der Waals surface area contributed by atoms with Gasteiger partial charge in [0.05, 0.1) is 10.6 Å². The molecule has 0 saturated carbocycles. The normalized spacial score (nSPS) is 10.6. The number of halogens is 2. The number of aromatic nitrogens is 2. The van der Waals surface area contributed by atoms with E-state index in [1.807, 2.05) is 0 Å². The number of anilines is 2. The smallest absolute Gasteiger partial charge is 0.269 e. The van der Waals surface area contributed by atoms with Crippen LogP contribution < -0.4 is 11.1 Å². The maximum absolute atomic E-state index is 13.7. The van der Waals surface area contributed by atoms with Crippen molar-refractivity contribution >= 4 is 23.0 Å². The Balaban J connectivity index is 1.61. The van der Waals surface area contributed by atoms with Crippen LogP contribution in [0.4, 0.5) is 25.8 Å². The summed E-state index contributed by atoms with van der Waals surface area (Å²) < 4.78 is 31.8. The fraction of sp³-hybridized carbons (Fsp3) is 0.118. The van der Waals surface area contributed by atoms with Crippen molar-refractivity contribution in [1.29, 1.82) is 0 Å². The highest BCUT2D eigenvalue weighted by molar-refractivity contribution is 5.94. The molecule has 0 radical (unpaired) electrons. The zero-order valence-corrected chi connectivity index (χ0v) is 14.2. The molecule has 9 nitrogen and oxygen atoms in total. The molecule has 3 rings (SSSR count). The highest BCUT2D eigenvalue weighted by Crippen LogP contribution is 2.24. The van der Waals surface area contributed by atoms with Crippen LogP contribution in [-0.2, 0) is 11.2 Å². The van der Waals surface area contributed by atoms with Gasteiger partial charge >= 0.3 is 0 Å². The molecular weight excluding hydrogens is 376 g/mol. The third kappa shape index (κ3) is 4.26. The van der Waals surface area contributed by atoms with Gasteiger partial charge in [-0.25, -0.2) is 8.78 Å². The molecule has 0 aliphatic heterocycles. The SMILES string of the molecule is Nc1cc(F)cc(F)c1NC(=O)CCc1noc(-c2ccc([N+](=O)[O-])cc2)n1. The number of amides is 1. The van der Waals surface area contributed by atoms with Gasteiger partial charge in [0.1, 0.15) is 11.5 Å². The maximum atomic E-state index is 13.7. The molecule has 144 valence electrons. The minimum absolute atomic E-state index is 0.0764. The Morgan fingerprint density at radius 2 is 1.96 bits per heavy atom. The van der Waals surface area contributed by atoms with Crippen molar-refractivity contribution in [3.05, 3.63) is 64.0 Å². The molecular formula is C17H13F2N5O4. The number of carbonyl (C=O) groups excluding carboxylic acids is 1. The third-order valence-electron chi connectivity index (χ3n) is 3.72. The molecule has 0 saturated heterocycles. The number of aryl methyl sites for hydroxylation is 1. The van der Waals surface area contributed by atoms with E-state index >= 15 is 0 Å². The van der Waals surface area contributed by atoms with Crippen molar-refractivity contribution in [1.82, 2.24) is 10.1 Å². The summed E-state index contributed by atoms with van der Waals surface area (Å²) in [6, 6.07) is 7.03. The summed E-state index contributed by atoms with van der Waals surface area (Å²) >= 11 is 0. The minimum atomic E-state index is -0.981. The van der Waals surface area contributed by atoms with E-state index in [0.717, 1.165) is 6.07 Å². The molecule has 0 aliphatic carbocycles. The van der Waals surface area contributed by atoms with Gasteiger partial charge in [-0.2, -0.15) is 4.98 Å². The van der Waals surface area contributed by atoms with Gasteiger partial charge in [0.25, 0.3) is 11.6 Å². The number of nitrogens with two attached hydrogens (primary N) is 1. The summed E-state index contributed by atoms with van der Waals surface area (Å²) in [6.45, 7) is 0. The van der Waals surface area contributed by atoms with E-state index in [2.05, 4.69) is 15.5 Å². The first-order valence-corrected chi connectivity index (χ1v) is 7.95. The van der Waals surface area contributed by atoms with Crippen molar-refractivity contribution in [3.8, 4) is 11.5 Å². The minimum Gasteiger partial charge on any atom is -0.397 e. The summed E-state index contributed by atoms with van der Waals surface area (Å²) in [4.78, 5) is 26.2. The number of carbonyl (C=O) groups is 1. The monoisotopic (exact) mass is 389 g/mol. The average Bonchev–Trinajstić information content (AvgIpc) is 3.12. The van der Waals surface area contributed by atoms with Gasteiger partial charge in [-0.15, -0.1) is 0 Å². The molecule has 28 heavy (non-hydrogen) atoms. The number of nitrogen functional groups attached to an aromatic ring is 1. The molecule has 1 heterocycles. The third-order valence-corrected chi connectivity index (χ3v) is 3.72. The first-order valence-electron chi connectivity index (χ1n) is 7.95. The first kappa shape index (κ1) is 18.9. The van der Waals surface area contributed by atoms with E-state index < -0.39 is 22.5 Å². The topological polar surface area (TPSA) is 137 Å². The number of hydrogen-bond acceptors (Lipinski definition) is 7. The average molecular weight is 389 g/mol. The molecule has 0 spiro atoms. The summed E-state index contributed by atoms with van der Waals surface area (Å²) in [5.41, 5.74) is 5.37. The summed E-state index contributed by atoms with van der Waals surface area (Å²) in [5.74, 6) is -2.04. The van der Waals surface area contributed by atoms with Crippen LogP contribution in [0.3, 0.4) is 0 Å². The van der Waals surface area contributed by atoms with Gasteiger partial charge in [-0.1, -0.05) is 5.16 Å².